The van der Waals surface area contributed by atoms with Gasteiger partial charge in [-0.2, -0.15) is 5.10 Å². The Hall–Kier alpha value is -2.22. The maximum Gasteiger partial charge on any atom is 0.241 e. The first-order valence-electron chi connectivity index (χ1n) is 7.38. The molecule has 0 aromatic carbocycles. The van der Waals surface area contributed by atoms with Gasteiger partial charge in [0.05, 0.1) is 18.2 Å². The summed E-state index contributed by atoms with van der Waals surface area (Å²) in [6.45, 7) is 6.95. The molecule has 22 heavy (non-hydrogen) atoms. The Labute approximate surface area is 129 Å². The molecule has 2 heterocycles. The van der Waals surface area contributed by atoms with E-state index in [1.54, 1.807) is 18.0 Å². The van der Waals surface area contributed by atoms with E-state index in [2.05, 4.69) is 39.1 Å². The summed E-state index contributed by atoms with van der Waals surface area (Å²) in [5, 5.41) is 7.90. The van der Waals surface area contributed by atoms with Crippen LogP contribution in [0, 0.1) is 0 Å². The van der Waals surface area contributed by atoms with E-state index in [1.165, 1.54) is 6.33 Å². The van der Waals surface area contributed by atoms with Crippen LogP contribution < -0.4 is 10.2 Å². The van der Waals surface area contributed by atoms with Crippen LogP contribution in [-0.4, -0.2) is 59.0 Å². The number of fused-ring (bicyclic) bond motifs is 1. The second kappa shape index (κ2) is 7.69. The zero-order chi connectivity index (χ0) is 15.9. The van der Waals surface area contributed by atoms with Gasteiger partial charge in [0, 0.05) is 26.7 Å². The summed E-state index contributed by atoms with van der Waals surface area (Å²) in [4.78, 5) is 22.6. The molecule has 2 aromatic rings. The SMILES string of the molecule is CCN(CC)c1ncnc2c1cnn2CC(=O)NCCOC. The number of methoxy groups -OCH3 is 1. The highest BCUT2D eigenvalue weighted by molar-refractivity contribution is 5.87. The molecule has 0 spiro atoms. The van der Waals surface area contributed by atoms with E-state index in [0.717, 1.165) is 24.3 Å². The molecule has 0 aliphatic heterocycles. The van der Waals surface area contributed by atoms with Crippen molar-refractivity contribution in [2.24, 2.45) is 0 Å². The normalized spacial score (nSPS) is 10.9. The van der Waals surface area contributed by atoms with Gasteiger partial charge in [-0.1, -0.05) is 0 Å². The molecule has 0 aliphatic carbocycles. The number of carbonyl (C=O) groups is 1. The van der Waals surface area contributed by atoms with Crippen molar-refractivity contribution in [1.82, 2.24) is 25.1 Å². The summed E-state index contributed by atoms with van der Waals surface area (Å²) in [5.74, 6) is 0.728. The van der Waals surface area contributed by atoms with Crippen LogP contribution in [0.3, 0.4) is 0 Å². The van der Waals surface area contributed by atoms with Crippen LogP contribution in [0.1, 0.15) is 13.8 Å². The van der Waals surface area contributed by atoms with Gasteiger partial charge in [0.25, 0.3) is 0 Å². The first kappa shape index (κ1) is 16.2. The number of hydrogen-bond donors (Lipinski definition) is 1. The summed E-state index contributed by atoms with van der Waals surface area (Å²) < 4.78 is 6.49. The van der Waals surface area contributed by atoms with Crippen molar-refractivity contribution in [2.45, 2.75) is 20.4 Å². The topological polar surface area (TPSA) is 85.2 Å². The van der Waals surface area contributed by atoms with E-state index in [9.17, 15) is 4.79 Å². The minimum absolute atomic E-state index is 0.120. The maximum absolute atomic E-state index is 11.9. The van der Waals surface area contributed by atoms with Crippen molar-refractivity contribution in [3.05, 3.63) is 12.5 Å². The quantitative estimate of drug-likeness (QED) is 0.712. The average molecular weight is 306 g/mol. The number of amides is 1. The summed E-state index contributed by atoms with van der Waals surface area (Å²) in [6.07, 6.45) is 3.22. The molecule has 120 valence electrons. The number of nitrogens with zero attached hydrogens (tertiary/aromatic N) is 5. The van der Waals surface area contributed by atoms with Gasteiger partial charge in [-0.25, -0.2) is 14.6 Å². The molecule has 0 unspecified atom stereocenters. The van der Waals surface area contributed by atoms with Crippen LogP contribution in [0.4, 0.5) is 5.82 Å². The van der Waals surface area contributed by atoms with Crippen LogP contribution in [0.5, 0.6) is 0 Å². The molecular formula is C14H22N6O2. The van der Waals surface area contributed by atoms with E-state index < -0.39 is 0 Å². The lowest BCUT2D eigenvalue weighted by atomic mass is 10.3. The Kier molecular flexibility index (Phi) is 5.65. The molecular weight excluding hydrogens is 284 g/mol. The van der Waals surface area contributed by atoms with Gasteiger partial charge in [-0.15, -0.1) is 0 Å². The molecule has 1 amide bonds. The molecule has 0 atom stereocenters. The van der Waals surface area contributed by atoms with Gasteiger partial charge < -0.3 is 15.0 Å². The largest absolute Gasteiger partial charge is 0.383 e. The fourth-order valence-corrected chi connectivity index (χ4v) is 2.26. The Morgan fingerprint density at radius 3 is 2.82 bits per heavy atom. The van der Waals surface area contributed by atoms with Crippen LogP contribution >= 0.6 is 0 Å². The second-order valence-electron chi connectivity index (χ2n) is 4.75. The highest BCUT2D eigenvalue weighted by Gasteiger charge is 2.14. The fraction of sp³-hybridized carbons (Fsp3) is 0.571. The zero-order valence-corrected chi connectivity index (χ0v) is 13.2. The number of aromatic nitrogens is 4. The smallest absolute Gasteiger partial charge is 0.241 e. The first-order valence-corrected chi connectivity index (χ1v) is 7.38. The third kappa shape index (κ3) is 3.51. The predicted octanol–water partition coefficient (Wildman–Crippen LogP) is 0.435. The number of ether oxygens (including phenoxy) is 1. The lowest BCUT2D eigenvalue weighted by Crippen LogP contribution is -2.30. The van der Waals surface area contributed by atoms with Crippen LogP contribution in [0.25, 0.3) is 11.0 Å². The van der Waals surface area contributed by atoms with E-state index in [0.29, 0.717) is 18.8 Å². The molecule has 0 saturated heterocycles. The Morgan fingerprint density at radius 1 is 1.36 bits per heavy atom. The van der Waals surface area contributed by atoms with Crippen LogP contribution in [-0.2, 0) is 16.1 Å². The molecule has 0 saturated carbocycles. The van der Waals surface area contributed by atoms with E-state index in [-0.39, 0.29) is 12.5 Å². The highest BCUT2D eigenvalue weighted by atomic mass is 16.5. The lowest BCUT2D eigenvalue weighted by Gasteiger charge is -2.19. The van der Waals surface area contributed by atoms with Gasteiger partial charge in [-0.3, -0.25) is 4.79 Å². The third-order valence-electron chi connectivity index (χ3n) is 3.40. The Bertz CT molecular complexity index is 623. The molecule has 2 aromatic heterocycles. The first-order chi connectivity index (χ1) is 10.7. The molecule has 8 nitrogen and oxygen atoms in total. The summed E-state index contributed by atoms with van der Waals surface area (Å²) in [6, 6.07) is 0. The van der Waals surface area contributed by atoms with Crippen molar-refractivity contribution in [3.8, 4) is 0 Å². The number of carbonyl (C=O) groups excluding carboxylic acids is 1. The van der Waals surface area contributed by atoms with Crippen molar-refractivity contribution in [2.75, 3.05) is 38.3 Å². The molecule has 0 radical (unpaired) electrons. The highest BCUT2D eigenvalue weighted by Crippen LogP contribution is 2.22. The molecule has 2 rings (SSSR count). The monoisotopic (exact) mass is 306 g/mol. The predicted molar refractivity (Wildman–Crippen MR) is 83.8 cm³/mol. The van der Waals surface area contributed by atoms with E-state index >= 15 is 0 Å². The minimum atomic E-state index is -0.120. The van der Waals surface area contributed by atoms with Crippen molar-refractivity contribution < 1.29 is 9.53 Å². The second-order valence-corrected chi connectivity index (χ2v) is 4.75. The Balaban J connectivity index is 2.19. The number of hydrogen-bond acceptors (Lipinski definition) is 6. The van der Waals surface area contributed by atoms with Crippen LogP contribution in [0.15, 0.2) is 12.5 Å². The zero-order valence-electron chi connectivity index (χ0n) is 13.2. The molecule has 0 aliphatic rings. The molecule has 8 heteroatoms. The number of nitrogens with one attached hydrogen (secondary N) is 1. The standard InChI is InChI=1S/C14H22N6O2/c1-4-19(5-2)13-11-8-18-20(14(11)17-10-16-13)9-12(21)15-6-7-22-3/h8,10H,4-7,9H2,1-3H3,(H,15,21). The maximum atomic E-state index is 11.9. The van der Waals surface area contributed by atoms with Gasteiger partial charge in [0.15, 0.2) is 5.65 Å². The molecule has 0 fully saturated rings. The van der Waals surface area contributed by atoms with Gasteiger partial charge in [0.1, 0.15) is 18.7 Å². The van der Waals surface area contributed by atoms with E-state index in [4.69, 9.17) is 4.74 Å². The van der Waals surface area contributed by atoms with Gasteiger partial charge in [0.2, 0.25) is 5.91 Å². The van der Waals surface area contributed by atoms with Crippen molar-refractivity contribution in [3.63, 3.8) is 0 Å². The van der Waals surface area contributed by atoms with Crippen LogP contribution in [0.2, 0.25) is 0 Å². The van der Waals surface area contributed by atoms with E-state index in [1.807, 2.05) is 0 Å². The van der Waals surface area contributed by atoms with Crippen molar-refractivity contribution >= 4 is 22.8 Å². The molecule has 1 N–H and O–H groups in total. The Morgan fingerprint density at radius 2 is 2.14 bits per heavy atom. The summed E-state index contributed by atoms with van der Waals surface area (Å²) in [5.41, 5.74) is 0.666. The fourth-order valence-electron chi connectivity index (χ4n) is 2.26. The van der Waals surface area contributed by atoms with Gasteiger partial charge in [-0.05, 0) is 13.8 Å². The summed E-state index contributed by atoms with van der Waals surface area (Å²) in [7, 11) is 1.60. The molecule has 0 bridgehead atoms. The number of rotatable bonds is 8. The lowest BCUT2D eigenvalue weighted by molar-refractivity contribution is -0.121. The average Bonchev–Trinajstić information content (AvgIpc) is 2.93. The van der Waals surface area contributed by atoms with Gasteiger partial charge >= 0.3 is 0 Å². The summed E-state index contributed by atoms with van der Waals surface area (Å²) >= 11 is 0. The van der Waals surface area contributed by atoms with Crippen molar-refractivity contribution in [1.29, 1.82) is 0 Å². The minimum Gasteiger partial charge on any atom is -0.383 e. The number of anilines is 1. The third-order valence-corrected chi connectivity index (χ3v) is 3.40.